The molecule has 3 rings (SSSR count). The first-order valence-corrected chi connectivity index (χ1v) is 8.78. The summed E-state index contributed by atoms with van der Waals surface area (Å²) in [7, 11) is -3.96. The standard InChI is InChI=1S/C14H20F2O5S/c1-6-8-9-10(20-11(17)14(5,15)16)12(6,3)7(2)13(8,4)21-22(9,18)19/h6-10H,1-5H3. The van der Waals surface area contributed by atoms with Gasteiger partial charge in [-0.05, 0) is 18.8 Å². The normalized spacial score (nSPS) is 52.0. The average Bonchev–Trinajstić information content (AvgIpc) is 2.74. The summed E-state index contributed by atoms with van der Waals surface area (Å²) in [5, 5.41) is -1.07. The van der Waals surface area contributed by atoms with Gasteiger partial charge in [0.25, 0.3) is 10.1 Å². The number of alkyl halides is 2. The van der Waals surface area contributed by atoms with Crippen molar-refractivity contribution in [3.63, 3.8) is 0 Å². The third-order valence-corrected chi connectivity index (χ3v) is 8.26. The van der Waals surface area contributed by atoms with E-state index in [-0.39, 0.29) is 17.8 Å². The van der Waals surface area contributed by atoms with Crippen LogP contribution in [0, 0.1) is 23.2 Å². The van der Waals surface area contributed by atoms with Crippen LogP contribution in [-0.2, 0) is 23.8 Å². The fraction of sp³-hybridized carbons (Fsp3) is 0.929. The summed E-state index contributed by atoms with van der Waals surface area (Å²) in [6, 6.07) is 0. The molecule has 0 N–H and O–H groups in total. The lowest BCUT2D eigenvalue weighted by Gasteiger charge is -2.42. The van der Waals surface area contributed by atoms with E-state index in [1.807, 2.05) is 13.8 Å². The lowest BCUT2D eigenvalue weighted by molar-refractivity contribution is -0.184. The quantitative estimate of drug-likeness (QED) is 0.569. The monoisotopic (exact) mass is 338 g/mol. The molecule has 2 saturated carbocycles. The summed E-state index contributed by atoms with van der Waals surface area (Å²) < 4.78 is 61.5. The van der Waals surface area contributed by atoms with Crippen LogP contribution in [0.5, 0.6) is 0 Å². The van der Waals surface area contributed by atoms with Crippen LogP contribution in [0.25, 0.3) is 0 Å². The number of carbonyl (C=O) groups excluding carboxylic acids is 1. The van der Waals surface area contributed by atoms with E-state index in [4.69, 9.17) is 8.92 Å². The molecule has 7 unspecified atom stereocenters. The van der Waals surface area contributed by atoms with Gasteiger partial charge in [0, 0.05) is 18.3 Å². The van der Waals surface area contributed by atoms with E-state index in [1.54, 1.807) is 13.8 Å². The Morgan fingerprint density at radius 1 is 1.27 bits per heavy atom. The van der Waals surface area contributed by atoms with E-state index < -0.39 is 44.4 Å². The molecule has 8 heteroatoms. The van der Waals surface area contributed by atoms with E-state index in [1.165, 1.54) is 0 Å². The fourth-order valence-corrected chi connectivity index (χ4v) is 7.40. The number of fused-ring (bicyclic) bond motifs is 1. The van der Waals surface area contributed by atoms with Crippen molar-refractivity contribution < 1.29 is 30.9 Å². The fourth-order valence-electron chi connectivity index (χ4n) is 5.02. The molecule has 0 amide bonds. The summed E-state index contributed by atoms with van der Waals surface area (Å²) in [5.41, 5.74) is -1.58. The van der Waals surface area contributed by atoms with Gasteiger partial charge in [0.1, 0.15) is 11.4 Å². The number of rotatable bonds is 2. The molecule has 3 fully saturated rings. The first kappa shape index (κ1) is 16.1. The highest BCUT2D eigenvalue weighted by molar-refractivity contribution is 7.87. The van der Waals surface area contributed by atoms with E-state index >= 15 is 0 Å². The van der Waals surface area contributed by atoms with E-state index in [9.17, 15) is 22.0 Å². The third-order valence-electron chi connectivity index (χ3n) is 6.46. The van der Waals surface area contributed by atoms with Crippen molar-refractivity contribution in [2.75, 3.05) is 0 Å². The molecule has 1 heterocycles. The van der Waals surface area contributed by atoms with Gasteiger partial charge in [-0.2, -0.15) is 17.2 Å². The number of halogens is 2. The highest BCUT2D eigenvalue weighted by Gasteiger charge is 2.81. The second-order valence-electron chi connectivity index (χ2n) is 7.34. The van der Waals surface area contributed by atoms with E-state index in [0.717, 1.165) is 0 Å². The van der Waals surface area contributed by atoms with Crippen molar-refractivity contribution in [2.45, 2.75) is 57.5 Å². The van der Waals surface area contributed by atoms with Crippen molar-refractivity contribution in [2.24, 2.45) is 23.2 Å². The molecule has 0 spiro atoms. The maximum Gasteiger partial charge on any atom is 0.377 e. The second kappa shape index (κ2) is 4.01. The molecular formula is C14H20F2O5S. The van der Waals surface area contributed by atoms with Gasteiger partial charge in [-0.25, -0.2) is 4.79 Å². The first-order valence-electron chi connectivity index (χ1n) is 7.31. The molecule has 0 radical (unpaired) electrons. The number of carbonyl (C=O) groups is 1. The molecule has 5 nitrogen and oxygen atoms in total. The van der Waals surface area contributed by atoms with Gasteiger partial charge in [0.15, 0.2) is 0 Å². The van der Waals surface area contributed by atoms with Gasteiger partial charge in [0.2, 0.25) is 0 Å². The summed E-state index contributed by atoms with van der Waals surface area (Å²) in [5.74, 6) is -6.05. The Morgan fingerprint density at radius 2 is 1.82 bits per heavy atom. The topological polar surface area (TPSA) is 69.7 Å². The highest BCUT2D eigenvalue weighted by atomic mass is 32.2. The number of ether oxygens (including phenoxy) is 1. The average molecular weight is 338 g/mol. The molecule has 2 aliphatic carbocycles. The molecule has 1 saturated heterocycles. The number of esters is 1. The molecule has 3 aliphatic rings. The number of hydrogen-bond acceptors (Lipinski definition) is 5. The molecule has 2 bridgehead atoms. The van der Waals surface area contributed by atoms with E-state index in [2.05, 4.69) is 0 Å². The number of hydrogen-bond donors (Lipinski definition) is 0. The van der Waals surface area contributed by atoms with Crippen molar-refractivity contribution in [3.05, 3.63) is 0 Å². The summed E-state index contributed by atoms with van der Waals surface area (Å²) in [6.07, 6.45) is -1.11. The lowest BCUT2D eigenvalue weighted by Crippen LogP contribution is -2.53. The second-order valence-corrected chi connectivity index (χ2v) is 9.04. The minimum absolute atomic E-state index is 0.113. The minimum Gasteiger partial charge on any atom is -0.456 e. The highest BCUT2D eigenvalue weighted by Crippen LogP contribution is 2.72. The van der Waals surface area contributed by atoms with Crippen molar-refractivity contribution in [1.82, 2.24) is 0 Å². The van der Waals surface area contributed by atoms with Crippen LogP contribution in [0.1, 0.15) is 34.6 Å². The van der Waals surface area contributed by atoms with Crippen molar-refractivity contribution in [3.8, 4) is 0 Å². The van der Waals surface area contributed by atoms with Gasteiger partial charge in [0.05, 0.1) is 5.60 Å². The van der Waals surface area contributed by atoms with Crippen LogP contribution in [-0.4, -0.2) is 37.3 Å². The smallest absolute Gasteiger partial charge is 0.377 e. The Hall–Kier alpha value is -0.760. The van der Waals surface area contributed by atoms with Gasteiger partial charge in [-0.1, -0.05) is 20.8 Å². The predicted molar refractivity (Wildman–Crippen MR) is 72.6 cm³/mol. The molecule has 1 aliphatic heterocycles. The van der Waals surface area contributed by atoms with Crippen LogP contribution in [0.3, 0.4) is 0 Å². The maximum atomic E-state index is 13.2. The third kappa shape index (κ3) is 1.60. The molecule has 0 aromatic heterocycles. The molecular weight excluding hydrogens is 318 g/mol. The summed E-state index contributed by atoms with van der Waals surface area (Å²) >= 11 is 0. The Kier molecular flexibility index (Phi) is 2.93. The molecule has 22 heavy (non-hydrogen) atoms. The Balaban J connectivity index is 2.08. The zero-order chi connectivity index (χ0) is 16.9. The van der Waals surface area contributed by atoms with Gasteiger partial charge in [-0.15, -0.1) is 0 Å². The van der Waals surface area contributed by atoms with Crippen LogP contribution >= 0.6 is 0 Å². The SMILES string of the molecule is CC1C2C3C(OC(=O)C(C)(F)F)C1(C)C(C)C2(C)OS3(=O)=O. The summed E-state index contributed by atoms with van der Waals surface area (Å²) in [6.45, 7) is 7.70. The zero-order valence-corrected chi connectivity index (χ0v) is 13.9. The molecule has 0 aromatic rings. The van der Waals surface area contributed by atoms with Crippen LogP contribution in [0.2, 0.25) is 0 Å². The first-order chi connectivity index (χ1) is 9.78. The Morgan fingerprint density at radius 3 is 2.32 bits per heavy atom. The largest absolute Gasteiger partial charge is 0.456 e. The van der Waals surface area contributed by atoms with E-state index in [0.29, 0.717) is 6.92 Å². The Labute approximate surface area is 128 Å². The van der Waals surface area contributed by atoms with Crippen molar-refractivity contribution in [1.29, 1.82) is 0 Å². The van der Waals surface area contributed by atoms with Crippen LogP contribution < -0.4 is 0 Å². The maximum absolute atomic E-state index is 13.2. The van der Waals surface area contributed by atoms with Crippen LogP contribution in [0.4, 0.5) is 8.78 Å². The van der Waals surface area contributed by atoms with Crippen molar-refractivity contribution >= 4 is 16.1 Å². The lowest BCUT2D eigenvalue weighted by atomic mass is 9.68. The zero-order valence-electron chi connectivity index (χ0n) is 13.1. The Bertz CT molecular complexity index is 642. The molecule has 0 aromatic carbocycles. The molecule has 126 valence electrons. The minimum atomic E-state index is -3.96. The van der Waals surface area contributed by atoms with Gasteiger partial charge >= 0.3 is 11.9 Å². The summed E-state index contributed by atoms with van der Waals surface area (Å²) in [4.78, 5) is 11.6. The predicted octanol–water partition coefficient (Wildman–Crippen LogP) is 1.96. The van der Waals surface area contributed by atoms with Gasteiger partial charge < -0.3 is 4.74 Å². The van der Waals surface area contributed by atoms with Crippen LogP contribution in [0.15, 0.2) is 0 Å². The molecule has 7 atom stereocenters. The van der Waals surface area contributed by atoms with Gasteiger partial charge in [-0.3, -0.25) is 4.18 Å².